The average Bonchev–Trinajstić information content (AvgIpc) is 3.08. The zero-order valence-electron chi connectivity index (χ0n) is 11.6. The van der Waals surface area contributed by atoms with Crippen molar-refractivity contribution in [1.29, 1.82) is 0 Å². The first-order chi connectivity index (χ1) is 9.60. The van der Waals surface area contributed by atoms with Gasteiger partial charge < -0.3 is 5.11 Å². The normalized spacial score (nSPS) is 12.8. The van der Waals surface area contributed by atoms with Gasteiger partial charge in [-0.25, -0.2) is 4.98 Å². The molecular weight excluding hydrogens is 292 g/mol. The lowest BCUT2D eigenvalue weighted by atomic mass is 10.1. The van der Waals surface area contributed by atoms with E-state index < -0.39 is 5.97 Å². The number of thiazole rings is 1. The largest absolute Gasteiger partial charge is 0.481 e. The van der Waals surface area contributed by atoms with Crippen molar-refractivity contribution in [2.75, 3.05) is 13.1 Å². The summed E-state index contributed by atoms with van der Waals surface area (Å²) in [6.45, 7) is 5.86. The SMILES string of the molecule is CCN(Cc1csc(-c2ccsc2)n1)CC(C)C(=O)O. The van der Waals surface area contributed by atoms with Crippen molar-refractivity contribution in [3.63, 3.8) is 0 Å². The van der Waals surface area contributed by atoms with E-state index in [0.29, 0.717) is 13.1 Å². The maximum atomic E-state index is 10.9. The number of aliphatic carboxylic acids is 1. The third-order valence-electron chi connectivity index (χ3n) is 3.11. The quantitative estimate of drug-likeness (QED) is 0.851. The maximum Gasteiger partial charge on any atom is 0.307 e. The van der Waals surface area contributed by atoms with Crippen molar-refractivity contribution in [2.24, 2.45) is 5.92 Å². The van der Waals surface area contributed by atoms with Crippen LogP contribution in [0.3, 0.4) is 0 Å². The van der Waals surface area contributed by atoms with Gasteiger partial charge in [0.2, 0.25) is 0 Å². The topological polar surface area (TPSA) is 53.4 Å². The van der Waals surface area contributed by atoms with Gasteiger partial charge in [-0.1, -0.05) is 13.8 Å². The number of hydrogen-bond donors (Lipinski definition) is 1. The van der Waals surface area contributed by atoms with Gasteiger partial charge in [0.1, 0.15) is 5.01 Å². The fourth-order valence-electron chi connectivity index (χ4n) is 1.90. The Morgan fingerprint density at radius 3 is 2.90 bits per heavy atom. The molecule has 0 aliphatic carbocycles. The summed E-state index contributed by atoms with van der Waals surface area (Å²) in [5.74, 6) is -1.11. The molecule has 0 radical (unpaired) electrons. The van der Waals surface area contributed by atoms with Crippen molar-refractivity contribution in [3.05, 3.63) is 27.9 Å². The molecule has 0 aromatic carbocycles. The number of hydrogen-bond acceptors (Lipinski definition) is 5. The molecule has 0 spiro atoms. The molecule has 0 amide bonds. The fraction of sp³-hybridized carbons (Fsp3) is 0.429. The number of nitrogens with zero attached hydrogens (tertiary/aromatic N) is 2. The molecule has 0 fully saturated rings. The first-order valence-electron chi connectivity index (χ1n) is 6.52. The van der Waals surface area contributed by atoms with Crippen LogP contribution in [0.4, 0.5) is 0 Å². The molecule has 2 aromatic rings. The third kappa shape index (κ3) is 3.88. The Morgan fingerprint density at radius 2 is 2.30 bits per heavy atom. The van der Waals surface area contributed by atoms with Crippen LogP contribution in [0.5, 0.6) is 0 Å². The molecular formula is C14H18N2O2S2. The van der Waals surface area contributed by atoms with Gasteiger partial charge in [0.15, 0.2) is 0 Å². The maximum absolute atomic E-state index is 10.9. The number of carboxylic acid groups (broad SMARTS) is 1. The predicted molar refractivity (Wildman–Crippen MR) is 83.2 cm³/mol. The van der Waals surface area contributed by atoms with Gasteiger partial charge in [-0.3, -0.25) is 9.69 Å². The molecule has 20 heavy (non-hydrogen) atoms. The van der Waals surface area contributed by atoms with Gasteiger partial charge in [0, 0.05) is 29.4 Å². The van der Waals surface area contributed by atoms with Gasteiger partial charge in [0.25, 0.3) is 0 Å². The number of carbonyl (C=O) groups is 1. The predicted octanol–water partition coefficient (Wildman–Crippen LogP) is 3.41. The average molecular weight is 310 g/mol. The van der Waals surface area contributed by atoms with Crippen molar-refractivity contribution in [1.82, 2.24) is 9.88 Å². The van der Waals surface area contributed by atoms with Gasteiger partial charge in [0.05, 0.1) is 11.6 Å². The highest BCUT2D eigenvalue weighted by Crippen LogP contribution is 2.26. The summed E-state index contributed by atoms with van der Waals surface area (Å²) in [4.78, 5) is 17.7. The standard InChI is InChI=1S/C14H18N2O2S2/c1-3-16(6-10(2)14(17)18)7-12-9-20-13(15-12)11-4-5-19-8-11/h4-5,8-10H,3,6-7H2,1-2H3,(H,17,18). The number of carboxylic acids is 1. The minimum atomic E-state index is -0.749. The monoisotopic (exact) mass is 310 g/mol. The van der Waals surface area contributed by atoms with Crippen LogP contribution in [-0.2, 0) is 11.3 Å². The van der Waals surface area contributed by atoms with E-state index in [1.54, 1.807) is 29.6 Å². The van der Waals surface area contributed by atoms with Crippen LogP contribution in [-0.4, -0.2) is 34.0 Å². The zero-order chi connectivity index (χ0) is 14.5. The van der Waals surface area contributed by atoms with Crippen LogP contribution in [0.25, 0.3) is 10.6 Å². The fourth-order valence-corrected chi connectivity index (χ4v) is 3.42. The van der Waals surface area contributed by atoms with Crippen molar-refractivity contribution in [3.8, 4) is 10.6 Å². The Morgan fingerprint density at radius 1 is 1.50 bits per heavy atom. The zero-order valence-corrected chi connectivity index (χ0v) is 13.2. The summed E-state index contributed by atoms with van der Waals surface area (Å²) in [5, 5.41) is 16.2. The molecule has 0 saturated heterocycles. The molecule has 0 saturated carbocycles. The molecule has 108 valence electrons. The third-order valence-corrected chi connectivity index (χ3v) is 4.73. The molecule has 0 bridgehead atoms. The molecule has 1 atom stereocenters. The highest BCUT2D eigenvalue weighted by atomic mass is 32.1. The van der Waals surface area contributed by atoms with Gasteiger partial charge >= 0.3 is 5.97 Å². The Balaban J connectivity index is 1.99. The summed E-state index contributed by atoms with van der Waals surface area (Å²) in [7, 11) is 0. The number of aromatic nitrogens is 1. The highest BCUT2D eigenvalue weighted by Gasteiger charge is 2.16. The van der Waals surface area contributed by atoms with Crippen LogP contribution >= 0.6 is 22.7 Å². The van der Waals surface area contributed by atoms with Crippen molar-refractivity contribution in [2.45, 2.75) is 20.4 Å². The van der Waals surface area contributed by atoms with E-state index in [4.69, 9.17) is 5.11 Å². The Labute approximate surface area is 126 Å². The summed E-state index contributed by atoms with van der Waals surface area (Å²) in [5.41, 5.74) is 2.17. The van der Waals surface area contributed by atoms with Gasteiger partial charge in [-0.15, -0.1) is 11.3 Å². The second kappa shape index (κ2) is 6.97. The van der Waals surface area contributed by atoms with E-state index >= 15 is 0 Å². The first kappa shape index (κ1) is 15.2. The smallest absolute Gasteiger partial charge is 0.307 e. The Kier molecular flexibility index (Phi) is 5.28. The van der Waals surface area contributed by atoms with E-state index in [1.807, 2.05) is 12.3 Å². The lowest BCUT2D eigenvalue weighted by Crippen LogP contribution is -2.31. The van der Waals surface area contributed by atoms with E-state index in [0.717, 1.165) is 22.8 Å². The van der Waals surface area contributed by atoms with Crippen LogP contribution in [0, 0.1) is 5.92 Å². The molecule has 2 aromatic heterocycles. The van der Waals surface area contributed by atoms with Crippen LogP contribution < -0.4 is 0 Å². The molecule has 1 N–H and O–H groups in total. The molecule has 2 rings (SSSR count). The summed E-state index contributed by atoms with van der Waals surface area (Å²) in [6.07, 6.45) is 0. The number of rotatable bonds is 7. The Bertz CT molecular complexity index is 551. The number of thiophene rings is 1. The summed E-state index contributed by atoms with van der Waals surface area (Å²) >= 11 is 3.30. The lowest BCUT2D eigenvalue weighted by molar-refractivity contribution is -0.141. The van der Waals surface area contributed by atoms with E-state index in [1.165, 1.54) is 0 Å². The summed E-state index contributed by atoms with van der Waals surface area (Å²) in [6, 6.07) is 2.07. The van der Waals surface area contributed by atoms with Gasteiger partial charge in [-0.05, 0) is 18.0 Å². The molecule has 4 nitrogen and oxygen atoms in total. The molecule has 0 aliphatic heterocycles. The second-order valence-electron chi connectivity index (χ2n) is 4.72. The Hall–Kier alpha value is -1.24. The second-order valence-corrected chi connectivity index (χ2v) is 6.36. The molecule has 0 aliphatic rings. The highest BCUT2D eigenvalue weighted by molar-refractivity contribution is 7.14. The van der Waals surface area contributed by atoms with Gasteiger partial charge in [-0.2, -0.15) is 11.3 Å². The van der Waals surface area contributed by atoms with Crippen LogP contribution in [0.1, 0.15) is 19.5 Å². The summed E-state index contributed by atoms with van der Waals surface area (Å²) < 4.78 is 0. The molecule has 6 heteroatoms. The van der Waals surface area contributed by atoms with E-state index in [-0.39, 0.29) is 5.92 Å². The van der Waals surface area contributed by atoms with Crippen LogP contribution in [0.2, 0.25) is 0 Å². The van der Waals surface area contributed by atoms with E-state index in [9.17, 15) is 4.79 Å². The first-order valence-corrected chi connectivity index (χ1v) is 8.34. The molecule has 2 heterocycles. The van der Waals surface area contributed by atoms with Crippen molar-refractivity contribution >= 4 is 28.6 Å². The van der Waals surface area contributed by atoms with E-state index in [2.05, 4.69) is 26.7 Å². The van der Waals surface area contributed by atoms with Crippen LogP contribution in [0.15, 0.2) is 22.2 Å². The minimum absolute atomic E-state index is 0.357. The minimum Gasteiger partial charge on any atom is -0.481 e. The molecule has 1 unspecified atom stereocenters. The lowest BCUT2D eigenvalue weighted by Gasteiger charge is -2.21. The van der Waals surface area contributed by atoms with Crippen molar-refractivity contribution < 1.29 is 9.90 Å².